The molecule has 1 aliphatic heterocycles. The maximum Gasteiger partial charge on any atom is 0.490 e. The number of hydrogen-bond donors (Lipinski definition) is 2. The molecule has 0 spiro atoms. The van der Waals surface area contributed by atoms with Gasteiger partial charge < -0.3 is 29.5 Å². The molecule has 5 atom stereocenters. The van der Waals surface area contributed by atoms with Gasteiger partial charge in [0.25, 0.3) is 0 Å². The zero-order valence-electron chi connectivity index (χ0n) is 29.2. The quantitative estimate of drug-likeness (QED) is 0.181. The topological polar surface area (TPSA) is 126 Å². The molecule has 0 amide bonds. The van der Waals surface area contributed by atoms with E-state index in [2.05, 4.69) is 49.5 Å². The first-order valence-corrected chi connectivity index (χ1v) is 17.5. The number of esters is 1. The summed E-state index contributed by atoms with van der Waals surface area (Å²) in [5, 5.41) is 19.4. The third kappa shape index (κ3) is 7.06. The summed E-state index contributed by atoms with van der Waals surface area (Å²) in [6.07, 6.45) is -1.75. The molecular formula is C37H42F3N9O3. The molecule has 274 valence electrons. The second kappa shape index (κ2) is 14.5. The Morgan fingerprint density at radius 1 is 1.06 bits per heavy atom. The van der Waals surface area contributed by atoms with Crippen molar-refractivity contribution in [3.05, 3.63) is 96.1 Å². The van der Waals surface area contributed by atoms with Crippen molar-refractivity contribution >= 4 is 28.9 Å². The summed E-state index contributed by atoms with van der Waals surface area (Å²) < 4.78 is 48.9. The molecule has 12 nitrogen and oxygen atoms in total. The molecule has 1 aliphatic carbocycles. The number of benzene rings is 2. The zero-order chi connectivity index (χ0) is 36.6. The van der Waals surface area contributed by atoms with Crippen molar-refractivity contribution in [2.75, 3.05) is 43.9 Å². The second-order valence-corrected chi connectivity index (χ2v) is 13.7. The molecule has 0 radical (unpaired) electrons. The first-order chi connectivity index (χ1) is 25.0. The molecule has 52 heavy (non-hydrogen) atoms. The van der Waals surface area contributed by atoms with E-state index in [1.807, 2.05) is 57.4 Å². The van der Waals surface area contributed by atoms with E-state index < -0.39 is 36.4 Å². The highest BCUT2D eigenvalue weighted by Crippen LogP contribution is 2.43. The van der Waals surface area contributed by atoms with Crippen LogP contribution in [0.25, 0.3) is 11.2 Å². The van der Waals surface area contributed by atoms with Gasteiger partial charge in [-0.25, -0.2) is 9.78 Å². The highest BCUT2D eigenvalue weighted by atomic mass is 19.4. The Bertz CT molecular complexity index is 1950. The number of carbonyl (C=O) groups excluding carboxylic acids is 1. The number of aromatic nitrogens is 6. The monoisotopic (exact) mass is 717 g/mol. The Morgan fingerprint density at radius 2 is 1.75 bits per heavy atom. The fourth-order valence-corrected chi connectivity index (χ4v) is 7.34. The normalized spacial score (nSPS) is 22.2. The number of alkyl halides is 3. The maximum atomic E-state index is 13.6. The van der Waals surface area contributed by atoms with E-state index in [1.165, 1.54) is 11.0 Å². The number of anilines is 2. The Balaban J connectivity index is 1.30. The molecule has 5 aromatic rings. The molecule has 15 heteroatoms. The van der Waals surface area contributed by atoms with Crippen molar-refractivity contribution in [1.29, 1.82) is 0 Å². The number of fused-ring (bicyclic) bond motifs is 1. The Labute approximate surface area is 299 Å². The van der Waals surface area contributed by atoms with Crippen molar-refractivity contribution in [3.63, 3.8) is 0 Å². The molecule has 0 bridgehead atoms. The summed E-state index contributed by atoms with van der Waals surface area (Å²) in [5.41, 5.74) is 3.86. The van der Waals surface area contributed by atoms with Crippen LogP contribution >= 0.6 is 0 Å². The number of aliphatic hydroxyl groups excluding tert-OH is 1. The number of imidazole rings is 1. The minimum absolute atomic E-state index is 0.0400. The molecule has 2 fully saturated rings. The zero-order valence-corrected chi connectivity index (χ0v) is 29.2. The van der Waals surface area contributed by atoms with Crippen LogP contribution in [0.4, 0.5) is 24.9 Å². The predicted octanol–water partition coefficient (Wildman–Crippen LogP) is 4.99. The summed E-state index contributed by atoms with van der Waals surface area (Å²) in [6, 6.07) is 18.8. The molecule has 2 N–H and O–H groups in total. The first-order valence-electron chi connectivity index (χ1n) is 17.5. The molecule has 4 heterocycles. The Morgan fingerprint density at radius 3 is 2.35 bits per heavy atom. The van der Waals surface area contributed by atoms with Crippen molar-refractivity contribution in [2.45, 2.75) is 68.6 Å². The van der Waals surface area contributed by atoms with Crippen LogP contribution in [-0.2, 0) is 16.0 Å². The molecular weight excluding hydrogens is 675 g/mol. The fourth-order valence-electron chi connectivity index (χ4n) is 7.34. The Kier molecular flexibility index (Phi) is 9.90. The van der Waals surface area contributed by atoms with Crippen LogP contribution in [0.15, 0.2) is 79.4 Å². The maximum absolute atomic E-state index is 13.6. The highest BCUT2D eigenvalue weighted by molar-refractivity contribution is 5.84. The number of nitrogens with one attached hydrogen (secondary N) is 1. The van der Waals surface area contributed by atoms with Gasteiger partial charge in [-0.3, -0.25) is 4.68 Å². The molecule has 2 aromatic carbocycles. The lowest BCUT2D eigenvalue weighted by Gasteiger charge is -2.25. The number of ether oxygens (including phenoxy) is 1. The number of carbonyl (C=O) groups is 1. The van der Waals surface area contributed by atoms with Crippen LogP contribution in [0.3, 0.4) is 0 Å². The van der Waals surface area contributed by atoms with Gasteiger partial charge in [0.15, 0.2) is 23.1 Å². The van der Waals surface area contributed by atoms with Gasteiger partial charge >= 0.3 is 12.1 Å². The summed E-state index contributed by atoms with van der Waals surface area (Å²) in [5.74, 6) is -1.52. The van der Waals surface area contributed by atoms with Crippen LogP contribution < -0.4 is 10.2 Å². The number of hydrogen-bond acceptors (Lipinski definition) is 10. The van der Waals surface area contributed by atoms with E-state index in [4.69, 9.17) is 14.7 Å². The third-order valence-electron chi connectivity index (χ3n) is 10.3. The smallest absolute Gasteiger partial charge is 0.451 e. The number of likely N-dealkylation sites (N-methyl/N-ethyl adjacent to an activating group) is 1. The van der Waals surface area contributed by atoms with Gasteiger partial charge in [-0.2, -0.15) is 28.2 Å². The van der Waals surface area contributed by atoms with Crippen molar-refractivity contribution < 1.29 is 27.8 Å². The van der Waals surface area contributed by atoms with E-state index in [1.54, 1.807) is 17.0 Å². The third-order valence-corrected chi connectivity index (χ3v) is 10.3. The molecule has 2 aliphatic rings. The largest absolute Gasteiger partial charge is 0.490 e. The first kappa shape index (κ1) is 35.4. The molecule has 7 rings (SSSR count). The van der Waals surface area contributed by atoms with Crippen LogP contribution in [0.1, 0.15) is 54.5 Å². The average molecular weight is 718 g/mol. The van der Waals surface area contributed by atoms with Crippen molar-refractivity contribution in [3.8, 4) is 0 Å². The molecule has 1 saturated heterocycles. The minimum Gasteiger partial charge on any atom is -0.451 e. The Hall–Kier alpha value is -5.02. The van der Waals surface area contributed by atoms with Gasteiger partial charge in [0, 0.05) is 37.8 Å². The van der Waals surface area contributed by atoms with Gasteiger partial charge in [0.1, 0.15) is 6.10 Å². The number of rotatable bonds is 11. The fraction of sp³-hybridized carbons (Fsp3) is 0.432. The van der Waals surface area contributed by atoms with Gasteiger partial charge in [0.2, 0.25) is 5.95 Å². The van der Waals surface area contributed by atoms with Gasteiger partial charge in [0.05, 0.1) is 24.6 Å². The van der Waals surface area contributed by atoms with Crippen molar-refractivity contribution in [1.82, 2.24) is 34.2 Å². The lowest BCUT2D eigenvalue weighted by Crippen LogP contribution is -2.39. The van der Waals surface area contributed by atoms with Crippen LogP contribution in [-0.4, -0.2) is 103 Å². The van der Waals surface area contributed by atoms with Gasteiger partial charge in [-0.15, -0.1) is 0 Å². The summed E-state index contributed by atoms with van der Waals surface area (Å²) in [4.78, 5) is 31.1. The van der Waals surface area contributed by atoms with Crippen LogP contribution in [0.5, 0.6) is 0 Å². The van der Waals surface area contributed by atoms with Crippen LogP contribution in [0, 0.1) is 0 Å². The van der Waals surface area contributed by atoms with Gasteiger partial charge in [-0.05, 0) is 50.0 Å². The summed E-state index contributed by atoms with van der Waals surface area (Å²) >= 11 is 0. The SMILES string of the molecule is CCc1cnn([C@H]2C[C@@H](n3cnc4c(NCC(c5ccccc5)c5ccccc5)nc(N5CC[C@@H](N(C)C)C5)nc43)[C@H](OC(=O)C(F)(F)F)[C@@H]2O)c1. The van der Waals surface area contributed by atoms with E-state index in [9.17, 15) is 23.1 Å². The van der Waals surface area contributed by atoms with E-state index >= 15 is 0 Å². The second-order valence-electron chi connectivity index (χ2n) is 13.7. The molecule has 1 saturated carbocycles. The lowest BCUT2D eigenvalue weighted by atomic mass is 9.91. The van der Waals surface area contributed by atoms with E-state index in [0.717, 1.165) is 23.1 Å². The van der Waals surface area contributed by atoms with E-state index in [0.29, 0.717) is 49.0 Å². The average Bonchev–Trinajstić information content (AvgIpc) is 3.95. The minimum atomic E-state index is -5.25. The highest BCUT2D eigenvalue weighted by Gasteiger charge is 2.51. The van der Waals surface area contributed by atoms with Gasteiger partial charge in [-0.1, -0.05) is 67.6 Å². The lowest BCUT2D eigenvalue weighted by molar-refractivity contribution is -0.210. The summed E-state index contributed by atoms with van der Waals surface area (Å²) in [7, 11) is 4.06. The standard InChI is InChI=1S/C37H42F3N9O3/c1-4-23-18-43-49(20-23)28-17-29(32(31(28)50)52-35(51)37(38,39)40)48-22-42-30-33(44-36(45-34(30)48)47-16-15-26(21-47)46(2)3)41-19-27(24-11-7-5-8-12-24)25-13-9-6-10-14-25/h5-14,18,20,22,26-29,31-32,50H,4,15-17,19,21H2,1-3H3,(H,41,44,45)/t26-,28+,29-,31-,32+/m1/s1. The molecule has 3 aromatic heterocycles. The van der Waals surface area contributed by atoms with Crippen LogP contribution in [0.2, 0.25) is 0 Å². The predicted molar refractivity (Wildman–Crippen MR) is 189 cm³/mol. The number of halogens is 3. The number of nitrogens with zero attached hydrogens (tertiary/aromatic N) is 8. The number of aliphatic hydroxyl groups is 1. The molecule has 0 unspecified atom stereocenters. The number of aryl methyl sites for hydroxylation is 1. The van der Waals surface area contributed by atoms with Crippen molar-refractivity contribution in [2.24, 2.45) is 0 Å². The summed E-state index contributed by atoms with van der Waals surface area (Å²) in [6.45, 7) is 3.79. The van der Waals surface area contributed by atoms with E-state index in [-0.39, 0.29) is 18.4 Å².